The van der Waals surface area contributed by atoms with E-state index >= 15 is 0 Å². The standard InChI is InChI=1S/C16H18N6O5S/c1-26-12-3-4-14(13(9-12)27-2)28(24,25)19-7-8-21-16(23)6-5-15(20-21)22-11-17-10-18-22/h3-6,9-11,19H,7-8H2,1-2H3. The Bertz CT molecular complexity index is 1110. The number of nitrogens with one attached hydrogen (secondary N) is 1. The summed E-state index contributed by atoms with van der Waals surface area (Å²) in [7, 11) is -1.03. The van der Waals surface area contributed by atoms with Crippen molar-refractivity contribution in [1.82, 2.24) is 29.3 Å². The maximum Gasteiger partial charge on any atom is 0.266 e. The molecule has 3 rings (SSSR count). The molecule has 0 spiro atoms. The zero-order valence-electron chi connectivity index (χ0n) is 15.1. The van der Waals surface area contributed by atoms with Gasteiger partial charge < -0.3 is 9.47 Å². The summed E-state index contributed by atoms with van der Waals surface area (Å²) in [5.74, 6) is 1.00. The van der Waals surface area contributed by atoms with E-state index < -0.39 is 10.0 Å². The number of hydrogen-bond acceptors (Lipinski definition) is 8. The molecule has 0 bridgehead atoms. The molecule has 0 aliphatic heterocycles. The lowest BCUT2D eigenvalue weighted by atomic mass is 10.3. The molecule has 0 radical (unpaired) electrons. The highest BCUT2D eigenvalue weighted by molar-refractivity contribution is 7.89. The quantitative estimate of drug-likeness (QED) is 0.545. The molecule has 3 aromatic rings. The van der Waals surface area contributed by atoms with Crippen LogP contribution < -0.4 is 19.8 Å². The molecule has 2 aromatic heterocycles. The van der Waals surface area contributed by atoms with Gasteiger partial charge in [-0.1, -0.05) is 0 Å². The summed E-state index contributed by atoms with van der Waals surface area (Å²) < 4.78 is 40.3. The summed E-state index contributed by atoms with van der Waals surface area (Å²) in [6, 6.07) is 7.20. The SMILES string of the molecule is COc1ccc(S(=O)(=O)NCCn2nc(-n3cncn3)ccc2=O)c(OC)c1. The van der Waals surface area contributed by atoms with Gasteiger partial charge in [-0.05, 0) is 18.2 Å². The Hall–Kier alpha value is -3.25. The van der Waals surface area contributed by atoms with Crippen LogP contribution in [0.3, 0.4) is 0 Å². The highest BCUT2D eigenvalue weighted by Crippen LogP contribution is 2.28. The van der Waals surface area contributed by atoms with E-state index in [9.17, 15) is 13.2 Å². The zero-order valence-corrected chi connectivity index (χ0v) is 16.0. The van der Waals surface area contributed by atoms with Crippen LogP contribution in [0.2, 0.25) is 0 Å². The summed E-state index contributed by atoms with van der Waals surface area (Å²) in [5, 5.41) is 8.09. The van der Waals surface area contributed by atoms with Gasteiger partial charge in [0.15, 0.2) is 5.82 Å². The second-order valence-electron chi connectivity index (χ2n) is 5.51. The second kappa shape index (κ2) is 8.19. The number of methoxy groups -OCH3 is 2. The third-order valence-electron chi connectivity index (χ3n) is 3.78. The number of sulfonamides is 1. The van der Waals surface area contributed by atoms with Gasteiger partial charge in [0.05, 0.1) is 20.8 Å². The van der Waals surface area contributed by atoms with E-state index in [0.29, 0.717) is 11.6 Å². The minimum atomic E-state index is -3.87. The molecule has 0 aliphatic carbocycles. The molecule has 2 heterocycles. The minimum absolute atomic E-state index is 0.0269. The van der Waals surface area contributed by atoms with Crippen LogP contribution in [-0.2, 0) is 16.6 Å². The largest absolute Gasteiger partial charge is 0.497 e. The van der Waals surface area contributed by atoms with E-state index in [4.69, 9.17) is 9.47 Å². The summed E-state index contributed by atoms with van der Waals surface area (Å²) in [5.41, 5.74) is -0.370. The van der Waals surface area contributed by atoms with Crippen molar-refractivity contribution in [2.24, 2.45) is 0 Å². The first-order valence-electron chi connectivity index (χ1n) is 8.09. The van der Waals surface area contributed by atoms with Crippen molar-refractivity contribution in [2.75, 3.05) is 20.8 Å². The van der Waals surface area contributed by atoms with E-state index in [1.807, 2.05) is 0 Å². The van der Waals surface area contributed by atoms with Crippen LogP contribution in [0.1, 0.15) is 0 Å². The molecule has 1 aromatic carbocycles. The van der Waals surface area contributed by atoms with Gasteiger partial charge in [0, 0.05) is 18.7 Å². The molecule has 12 heteroatoms. The first kappa shape index (κ1) is 19.5. The molecule has 0 amide bonds. The van der Waals surface area contributed by atoms with E-state index in [1.165, 1.54) is 61.9 Å². The first-order chi connectivity index (χ1) is 13.4. The molecule has 28 heavy (non-hydrogen) atoms. The van der Waals surface area contributed by atoms with Crippen molar-refractivity contribution in [3.05, 3.63) is 53.3 Å². The van der Waals surface area contributed by atoms with E-state index in [-0.39, 0.29) is 29.3 Å². The lowest BCUT2D eigenvalue weighted by Crippen LogP contribution is -2.32. The van der Waals surface area contributed by atoms with Crippen LogP contribution in [0.5, 0.6) is 11.5 Å². The third-order valence-corrected chi connectivity index (χ3v) is 5.28. The molecule has 0 fully saturated rings. The third kappa shape index (κ3) is 4.18. The fraction of sp³-hybridized carbons (Fsp3) is 0.250. The molecule has 0 saturated heterocycles. The Labute approximate surface area is 160 Å². The number of aromatic nitrogens is 5. The molecule has 0 aliphatic rings. The van der Waals surface area contributed by atoms with E-state index in [1.54, 1.807) is 0 Å². The summed E-state index contributed by atoms with van der Waals surface area (Å²) in [4.78, 5) is 15.8. The van der Waals surface area contributed by atoms with Crippen LogP contribution >= 0.6 is 0 Å². The topological polar surface area (TPSA) is 130 Å². The molecule has 0 saturated carbocycles. The smallest absolute Gasteiger partial charge is 0.266 e. The highest BCUT2D eigenvalue weighted by Gasteiger charge is 2.20. The molecule has 11 nitrogen and oxygen atoms in total. The Balaban J connectivity index is 1.74. The summed E-state index contributed by atoms with van der Waals surface area (Å²) >= 11 is 0. The molecule has 0 atom stereocenters. The minimum Gasteiger partial charge on any atom is -0.497 e. The number of benzene rings is 1. The van der Waals surface area contributed by atoms with Gasteiger partial charge in [0.1, 0.15) is 29.0 Å². The van der Waals surface area contributed by atoms with Crippen LogP contribution in [0.4, 0.5) is 0 Å². The van der Waals surface area contributed by atoms with Crippen LogP contribution in [0.25, 0.3) is 5.82 Å². The van der Waals surface area contributed by atoms with Crippen molar-refractivity contribution in [3.63, 3.8) is 0 Å². The fourth-order valence-corrected chi connectivity index (χ4v) is 3.58. The normalized spacial score (nSPS) is 11.4. The fourth-order valence-electron chi connectivity index (χ4n) is 2.41. The average Bonchev–Trinajstić information content (AvgIpc) is 3.23. The summed E-state index contributed by atoms with van der Waals surface area (Å²) in [6.07, 6.45) is 2.78. The van der Waals surface area contributed by atoms with Gasteiger partial charge in [0.2, 0.25) is 10.0 Å². The Morgan fingerprint density at radius 1 is 1.14 bits per heavy atom. The van der Waals surface area contributed by atoms with E-state index in [2.05, 4.69) is 19.9 Å². The van der Waals surface area contributed by atoms with Gasteiger partial charge in [-0.15, -0.1) is 5.10 Å². The Morgan fingerprint density at radius 3 is 2.64 bits per heavy atom. The lowest BCUT2D eigenvalue weighted by molar-refractivity contribution is 0.386. The van der Waals surface area contributed by atoms with Crippen LogP contribution in [-0.4, -0.2) is 53.7 Å². The number of nitrogens with zero attached hydrogens (tertiary/aromatic N) is 5. The molecule has 1 N–H and O–H groups in total. The second-order valence-corrected chi connectivity index (χ2v) is 7.24. The van der Waals surface area contributed by atoms with Gasteiger partial charge in [-0.25, -0.2) is 27.5 Å². The number of hydrogen-bond donors (Lipinski definition) is 1. The van der Waals surface area contributed by atoms with E-state index in [0.717, 1.165) is 4.68 Å². The lowest BCUT2D eigenvalue weighted by Gasteiger charge is -2.12. The predicted molar refractivity (Wildman–Crippen MR) is 98.1 cm³/mol. The molecule has 0 unspecified atom stereocenters. The Morgan fingerprint density at radius 2 is 1.96 bits per heavy atom. The van der Waals surface area contributed by atoms with Crippen LogP contribution in [0, 0.1) is 0 Å². The maximum absolute atomic E-state index is 12.6. The van der Waals surface area contributed by atoms with Crippen molar-refractivity contribution < 1.29 is 17.9 Å². The van der Waals surface area contributed by atoms with Gasteiger partial charge >= 0.3 is 0 Å². The summed E-state index contributed by atoms with van der Waals surface area (Å²) in [6.45, 7) is -0.0235. The molecule has 148 valence electrons. The monoisotopic (exact) mass is 406 g/mol. The average molecular weight is 406 g/mol. The Kier molecular flexibility index (Phi) is 5.70. The van der Waals surface area contributed by atoms with Crippen molar-refractivity contribution in [3.8, 4) is 17.3 Å². The van der Waals surface area contributed by atoms with Crippen molar-refractivity contribution in [1.29, 1.82) is 0 Å². The maximum atomic E-state index is 12.6. The van der Waals surface area contributed by atoms with Gasteiger partial charge in [-0.3, -0.25) is 4.79 Å². The number of ether oxygens (including phenoxy) is 2. The van der Waals surface area contributed by atoms with Gasteiger partial charge in [0.25, 0.3) is 5.56 Å². The van der Waals surface area contributed by atoms with Crippen molar-refractivity contribution >= 4 is 10.0 Å². The predicted octanol–water partition coefficient (Wildman–Crippen LogP) is -0.180. The zero-order chi connectivity index (χ0) is 20.1. The first-order valence-corrected chi connectivity index (χ1v) is 9.58. The molecular formula is C16H18N6O5S. The molecular weight excluding hydrogens is 388 g/mol. The highest BCUT2D eigenvalue weighted by atomic mass is 32.2. The van der Waals surface area contributed by atoms with Crippen LogP contribution in [0.15, 0.2) is 52.7 Å². The number of rotatable bonds is 8. The van der Waals surface area contributed by atoms with Crippen molar-refractivity contribution in [2.45, 2.75) is 11.4 Å². The van der Waals surface area contributed by atoms with Gasteiger partial charge in [-0.2, -0.15) is 5.10 Å².